The molecule has 0 spiro atoms. The minimum absolute atomic E-state index is 0.0765. The van der Waals surface area contributed by atoms with E-state index in [1.165, 1.54) is 6.92 Å². The Balaban J connectivity index is 3.64. The quantitative estimate of drug-likeness (QED) is 0.685. The van der Waals surface area contributed by atoms with Crippen molar-refractivity contribution in [2.24, 2.45) is 5.92 Å². The van der Waals surface area contributed by atoms with Crippen LogP contribution in [0.15, 0.2) is 0 Å². The second kappa shape index (κ2) is 5.95. The lowest BCUT2D eigenvalue weighted by atomic mass is 9.99. The molecule has 0 saturated heterocycles. The number of hydrogen-bond donors (Lipinski definition) is 2. The Morgan fingerprint density at radius 3 is 2.27 bits per heavy atom. The third-order valence-corrected chi connectivity index (χ3v) is 2.18. The van der Waals surface area contributed by atoms with Crippen molar-refractivity contribution in [3.05, 3.63) is 0 Å². The Labute approximate surface area is 85.9 Å². The predicted molar refractivity (Wildman–Crippen MR) is 47.3 cm³/mol. The fourth-order valence-electron chi connectivity index (χ4n) is 1.09. The fraction of sp³-hybridized carbons (Fsp3) is 0.889. The van der Waals surface area contributed by atoms with Gasteiger partial charge in [0.15, 0.2) is 0 Å². The molecule has 0 aliphatic carbocycles. The highest BCUT2D eigenvalue weighted by molar-refractivity contribution is 5.70. The topological polar surface area (TPSA) is 57.5 Å². The van der Waals surface area contributed by atoms with Crippen LogP contribution in [0, 0.1) is 5.92 Å². The van der Waals surface area contributed by atoms with Crippen LogP contribution in [0.1, 0.15) is 32.6 Å². The van der Waals surface area contributed by atoms with Gasteiger partial charge in [-0.1, -0.05) is 6.42 Å². The first-order valence-corrected chi connectivity index (χ1v) is 4.71. The van der Waals surface area contributed by atoms with Gasteiger partial charge in [-0.25, -0.2) is 0 Å². The van der Waals surface area contributed by atoms with Gasteiger partial charge in [-0.2, -0.15) is 13.2 Å². The maximum absolute atomic E-state index is 11.7. The molecule has 0 rings (SSSR count). The zero-order valence-corrected chi connectivity index (χ0v) is 8.42. The van der Waals surface area contributed by atoms with Crippen LogP contribution >= 0.6 is 0 Å². The van der Waals surface area contributed by atoms with Gasteiger partial charge in [-0.3, -0.25) is 4.79 Å². The first-order chi connectivity index (χ1) is 6.74. The fourth-order valence-corrected chi connectivity index (χ4v) is 1.09. The molecule has 90 valence electrons. The van der Waals surface area contributed by atoms with E-state index in [2.05, 4.69) is 0 Å². The molecule has 0 saturated carbocycles. The van der Waals surface area contributed by atoms with Crippen molar-refractivity contribution < 1.29 is 28.2 Å². The van der Waals surface area contributed by atoms with Gasteiger partial charge in [0.2, 0.25) is 0 Å². The Kier molecular flexibility index (Phi) is 5.64. The monoisotopic (exact) mass is 228 g/mol. The molecule has 0 unspecified atom stereocenters. The first-order valence-electron chi connectivity index (χ1n) is 4.71. The molecule has 2 atom stereocenters. The molecule has 2 N–H and O–H groups in total. The number of rotatable bonds is 6. The molecule has 0 aromatic heterocycles. The number of aliphatic carboxylic acids is 1. The van der Waals surface area contributed by atoms with Crippen LogP contribution in [-0.4, -0.2) is 28.5 Å². The average Bonchev–Trinajstić information content (AvgIpc) is 2.09. The van der Waals surface area contributed by atoms with E-state index in [9.17, 15) is 23.1 Å². The molecular formula is C9H15F3O3. The van der Waals surface area contributed by atoms with E-state index in [1.807, 2.05) is 0 Å². The molecule has 0 heterocycles. The highest BCUT2D eigenvalue weighted by Crippen LogP contribution is 2.23. The minimum atomic E-state index is -4.18. The van der Waals surface area contributed by atoms with Crippen LogP contribution in [-0.2, 0) is 4.79 Å². The zero-order valence-electron chi connectivity index (χ0n) is 8.42. The Morgan fingerprint density at radius 1 is 1.33 bits per heavy atom. The molecule has 3 nitrogen and oxygen atoms in total. The SMILES string of the molecule is C[C@@H](C(=O)O)[C@H](O)CCCCC(F)(F)F. The summed E-state index contributed by atoms with van der Waals surface area (Å²) in [4.78, 5) is 10.4. The molecule has 0 aliphatic rings. The Morgan fingerprint density at radius 2 is 1.87 bits per heavy atom. The summed E-state index contributed by atoms with van der Waals surface area (Å²) < 4.78 is 35.1. The van der Waals surface area contributed by atoms with E-state index in [-0.39, 0.29) is 19.3 Å². The lowest BCUT2D eigenvalue weighted by Crippen LogP contribution is -2.25. The number of aliphatic hydroxyl groups excluding tert-OH is 1. The summed E-state index contributed by atoms with van der Waals surface area (Å²) >= 11 is 0. The number of unbranched alkanes of at least 4 members (excludes halogenated alkanes) is 1. The maximum atomic E-state index is 11.7. The molecule has 0 bridgehead atoms. The molecular weight excluding hydrogens is 213 g/mol. The standard InChI is InChI=1S/C9H15F3O3/c1-6(8(14)15)7(13)4-2-3-5-9(10,11)12/h6-7,13H,2-5H2,1H3,(H,14,15)/t6-,7-/m1/s1. The average molecular weight is 228 g/mol. The van der Waals surface area contributed by atoms with Gasteiger partial charge < -0.3 is 10.2 Å². The number of aliphatic hydroxyl groups is 1. The number of carbonyl (C=O) groups is 1. The second-order valence-corrected chi connectivity index (χ2v) is 3.56. The zero-order chi connectivity index (χ0) is 12.1. The van der Waals surface area contributed by atoms with Crippen molar-refractivity contribution in [3.63, 3.8) is 0 Å². The molecule has 0 radical (unpaired) electrons. The predicted octanol–water partition coefficient (Wildman–Crippen LogP) is 2.19. The molecule has 15 heavy (non-hydrogen) atoms. The van der Waals surface area contributed by atoms with Gasteiger partial charge in [0.05, 0.1) is 12.0 Å². The van der Waals surface area contributed by atoms with E-state index in [0.29, 0.717) is 0 Å². The van der Waals surface area contributed by atoms with E-state index in [4.69, 9.17) is 5.11 Å². The lowest BCUT2D eigenvalue weighted by molar-refractivity contribution is -0.145. The van der Waals surface area contributed by atoms with Crippen LogP contribution < -0.4 is 0 Å². The third kappa shape index (κ3) is 7.18. The van der Waals surface area contributed by atoms with Crippen LogP contribution in [0.2, 0.25) is 0 Å². The highest BCUT2D eigenvalue weighted by Gasteiger charge is 2.26. The van der Waals surface area contributed by atoms with E-state index >= 15 is 0 Å². The molecule has 0 aliphatic heterocycles. The van der Waals surface area contributed by atoms with Gasteiger partial charge in [0.25, 0.3) is 0 Å². The van der Waals surface area contributed by atoms with E-state index in [1.54, 1.807) is 0 Å². The summed E-state index contributed by atoms with van der Waals surface area (Å²) in [5.74, 6) is -2.07. The number of alkyl halides is 3. The number of carboxylic acids is 1. The third-order valence-electron chi connectivity index (χ3n) is 2.18. The smallest absolute Gasteiger partial charge is 0.389 e. The van der Waals surface area contributed by atoms with E-state index < -0.39 is 30.6 Å². The highest BCUT2D eigenvalue weighted by atomic mass is 19.4. The summed E-state index contributed by atoms with van der Waals surface area (Å²) in [6.07, 6.45) is -5.95. The number of hydrogen-bond acceptors (Lipinski definition) is 2. The number of carboxylic acid groups (broad SMARTS) is 1. The summed E-state index contributed by atoms with van der Waals surface area (Å²) in [6.45, 7) is 1.33. The summed E-state index contributed by atoms with van der Waals surface area (Å²) in [6, 6.07) is 0. The van der Waals surface area contributed by atoms with Crippen molar-refractivity contribution in [3.8, 4) is 0 Å². The summed E-state index contributed by atoms with van der Waals surface area (Å²) in [7, 11) is 0. The largest absolute Gasteiger partial charge is 0.481 e. The van der Waals surface area contributed by atoms with Crippen molar-refractivity contribution in [2.75, 3.05) is 0 Å². The Bertz CT molecular complexity index is 203. The molecule has 0 aromatic rings. The normalized spacial score (nSPS) is 16.1. The molecule has 0 aromatic carbocycles. The van der Waals surface area contributed by atoms with Gasteiger partial charge in [0.1, 0.15) is 0 Å². The van der Waals surface area contributed by atoms with Crippen molar-refractivity contribution in [2.45, 2.75) is 44.9 Å². The van der Waals surface area contributed by atoms with Gasteiger partial charge in [0, 0.05) is 6.42 Å². The van der Waals surface area contributed by atoms with Gasteiger partial charge in [-0.15, -0.1) is 0 Å². The van der Waals surface area contributed by atoms with Crippen LogP contribution in [0.25, 0.3) is 0 Å². The summed E-state index contributed by atoms with van der Waals surface area (Å²) in [5.41, 5.74) is 0. The van der Waals surface area contributed by atoms with Crippen molar-refractivity contribution in [1.82, 2.24) is 0 Å². The van der Waals surface area contributed by atoms with E-state index in [0.717, 1.165) is 0 Å². The van der Waals surface area contributed by atoms with Gasteiger partial charge >= 0.3 is 12.1 Å². The van der Waals surface area contributed by atoms with Gasteiger partial charge in [-0.05, 0) is 19.8 Å². The van der Waals surface area contributed by atoms with Crippen LogP contribution in [0.5, 0.6) is 0 Å². The molecule has 0 amide bonds. The molecule has 6 heteroatoms. The van der Waals surface area contributed by atoms with Crippen molar-refractivity contribution in [1.29, 1.82) is 0 Å². The Hall–Kier alpha value is -0.780. The van der Waals surface area contributed by atoms with Crippen LogP contribution in [0.3, 0.4) is 0 Å². The minimum Gasteiger partial charge on any atom is -0.481 e. The van der Waals surface area contributed by atoms with Crippen LogP contribution in [0.4, 0.5) is 13.2 Å². The second-order valence-electron chi connectivity index (χ2n) is 3.56. The first kappa shape index (κ1) is 14.2. The maximum Gasteiger partial charge on any atom is 0.389 e. The lowest BCUT2D eigenvalue weighted by Gasteiger charge is -2.14. The van der Waals surface area contributed by atoms with Crippen molar-refractivity contribution >= 4 is 5.97 Å². The molecule has 0 fully saturated rings. The number of halogens is 3. The summed E-state index contributed by atoms with van der Waals surface area (Å²) in [5, 5.41) is 17.8.